The molecule has 0 amide bonds. The highest BCUT2D eigenvalue weighted by Gasteiger charge is 2.35. The van der Waals surface area contributed by atoms with Crippen LogP contribution < -0.4 is 5.56 Å². The molecule has 2 aromatic heterocycles. The number of nitrogens with zero attached hydrogens (tertiary/aromatic N) is 2. The van der Waals surface area contributed by atoms with E-state index in [-0.39, 0.29) is 22.2 Å². The molecular weight excluding hydrogens is 443 g/mol. The number of rotatable bonds is 3. The van der Waals surface area contributed by atoms with Crippen LogP contribution in [0.1, 0.15) is 31.9 Å². The fraction of sp³-hybridized carbons (Fsp3) is 0.278. The first-order valence-corrected chi connectivity index (χ1v) is 9.36. The molecule has 0 aliphatic carbocycles. The van der Waals surface area contributed by atoms with E-state index in [1.54, 1.807) is 24.3 Å². The van der Waals surface area contributed by atoms with E-state index in [0.29, 0.717) is 12.0 Å². The molecule has 142 valence electrons. The fourth-order valence-electron chi connectivity index (χ4n) is 2.83. The molecule has 0 saturated carbocycles. The Morgan fingerprint density at radius 3 is 2.48 bits per heavy atom. The van der Waals surface area contributed by atoms with Crippen LogP contribution in [0.2, 0.25) is 0 Å². The van der Waals surface area contributed by atoms with E-state index in [9.17, 15) is 18.0 Å². The summed E-state index contributed by atoms with van der Waals surface area (Å²) in [6, 6.07) is 7.43. The van der Waals surface area contributed by atoms with Crippen LogP contribution >= 0.6 is 28.1 Å². The number of pyridine rings is 1. The molecular formula is C18H15BrF3N3OS. The highest BCUT2D eigenvalue weighted by molar-refractivity contribution is 9.10. The van der Waals surface area contributed by atoms with Gasteiger partial charge >= 0.3 is 6.18 Å². The van der Waals surface area contributed by atoms with Crippen molar-refractivity contribution in [3.8, 4) is 11.3 Å². The first-order chi connectivity index (χ1) is 12.6. The molecule has 2 heterocycles. The Balaban J connectivity index is 2.49. The van der Waals surface area contributed by atoms with Crippen molar-refractivity contribution in [1.29, 1.82) is 0 Å². The van der Waals surface area contributed by atoms with E-state index in [1.165, 1.54) is 4.57 Å². The number of fused-ring (bicyclic) bond motifs is 1. The van der Waals surface area contributed by atoms with Crippen LogP contribution in [0.15, 0.2) is 39.6 Å². The van der Waals surface area contributed by atoms with E-state index in [4.69, 9.17) is 12.2 Å². The molecule has 0 radical (unpaired) electrons. The van der Waals surface area contributed by atoms with Gasteiger partial charge in [0.25, 0.3) is 5.56 Å². The third-order valence-corrected chi connectivity index (χ3v) is 5.20. The SMILES string of the molecule is CC[C@H](C)n1c(=S)[nH]c(=O)c2c(C(F)(F)F)cc(-c3ccc(Br)cc3)nc21. The highest BCUT2D eigenvalue weighted by Crippen LogP contribution is 2.36. The first-order valence-electron chi connectivity index (χ1n) is 8.16. The number of aromatic amines is 1. The standard InChI is InChI=1S/C18H15BrF3N3OS/c1-3-9(2)25-15-14(16(26)24-17(25)27)12(18(20,21)22)8-13(23-15)10-4-6-11(19)7-5-10/h4-9H,3H2,1-2H3,(H,24,26,27)/t9-/m0/s1. The quantitative estimate of drug-likeness (QED) is 0.500. The zero-order chi connectivity index (χ0) is 19.9. The third kappa shape index (κ3) is 3.70. The molecule has 9 heteroatoms. The summed E-state index contributed by atoms with van der Waals surface area (Å²) >= 11 is 8.50. The minimum Gasteiger partial charge on any atom is -0.300 e. The highest BCUT2D eigenvalue weighted by atomic mass is 79.9. The maximum Gasteiger partial charge on any atom is 0.417 e. The van der Waals surface area contributed by atoms with E-state index in [0.717, 1.165) is 10.5 Å². The summed E-state index contributed by atoms with van der Waals surface area (Å²) in [6.45, 7) is 3.70. The number of hydrogen-bond donors (Lipinski definition) is 1. The summed E-state index contributed by atoms with van der Waals surface area (Å²) in [4.78, 5) is 19.1. The third-order valence-electron chi connectivity index (χ3n) is 4.37. The summed E-state index contributed by atoms with van der Waals surface area (Å²) in [7, 11) is 0. The van der Waals surface area contributed by atoms with Gasteiger partial charge in [0.1, 0.15) is 5.65 Å². The molecule has 0 saturated heterocycles. The zero-order valence-electron chi connectivity index (χ0n) is 14.4. The molecule has 3 aromatic rings. The number of halogens is 4. The number of H-pyrrole nitrogens is 1. The van der Waals surface area contributed by atoms with Crippen LogP contribution in [-0.4, -0.2) is 14.5 Å². The van der Waals surface area contributed by atoms with Crippen LogP contribution in [0, 0.1) is 4.77 Å². The van der Waals surface area contributed by atoms with Crippen molar-refractivity contribution in [2.75, 3.05) is 0 Å². The van der Waals surface area contributed by atoms with Gasteiger partial charge in [-0.3, -0.25) is 14.3 Å². The normalized spacial score (nSPS) is 13.1. The van der Waals surface area contributed by atoms with Gasteiger partial charge in [0.05, 0.1) is 16.6 Å². The summed E-state index contributed by atoms with van der Waals surface area (Å²) in [6.07, 6.45) is -4.10. The second-order valence-corrected chi connectivity index (χ2v) is 7.45. The maximum atomic E-state index is 13.7. The van der Waals surface area contributed by atoms with Crippen molar-refractivity contribution in [3.63, 3.8) is 0 Å². The second-order valence-electron chi connectivity index (χ2n) is 6.14. The maximum absolute atomic E-state index is 13.7. The van der Waals surface area contributed by atoms with Gasteiger partial charge < -0.3 is 0 Å². The number of nitrogens with one attached hydrogen (secondary N) is 1. The predicted octanol–water partition coefficient (Wildman–Crippen LogP) is 5.87. The second kappa shape index (κ2) is 7.20. The van der Waals surface area contributed by atoms with Gasteiger partial charge in [0, 0.05) is 16.1 Å². The average Bonchev–Trinajstić information content (AvgIpc) is 2.60. The number of hydrogen-bond acceptors (Lipinski definition) is 3. The van der Waals surface area contributed by atoms with Crippen molar-refractivity contribution in [1.82, 2.24) is 14.5 Å². The van der Waals surface area contributed by atoms with Gasteiger partial charge in [-0.25, -0.2) is 4.98 Å². The van der Waals surface area contributed by atoms with Gasteiger partial charge in [0.2, 0.25) is 0 Å². The minimum absolute atomic E-state index is 0.0513. The van der Waals surface area contributed by atoms with Gasteiger partial charge in [-0.05, 0) is 43.8 Å². The molecule has 0 bridgehead atoms. The lowest BCUT2D eigenvalue weighted by Crippen LogP contribution is -2.22. The molecule has 3 rings (SSSR count). The smallest absolute Gasteiger partial charge is 0.300 e. The number of benzene rings is 1. The Hall–Kier alpha value is -2.00. The van der Waals surface area contributed by atoms with Crippen LogP contribution in [0.25, 0.3) is 22.3 Å². The molecule has 0 unspecified atom stereocenters. The largest absolute Gasteiger partial charge is 0.417 e. The van der Waals surface area contributed by atoms with Gasteiger partial charge in [-0.1, -0.05) is 35.0 Å². The lowest BCUT2D eigenvalue weighted by Gasteiger charge is -2.19. The van der Waals surface area contributed by atoms with E-state index < -0.39 is 22.7 Å². The summed E-state index contributed by atoms with van der Waals surface area (Å²) in [5, 5.41) is -0.503. The summed E-state index contributed by atoms with van der Waals surface area (Å²) in [5.74, 6) is 0. The predicted molar refractivity (Wildman–Crippen MR) is 104 cm³/mol. The average molecular weight is 458 g/mol. The van der Waals surface area contributed by atoms with Crippen LogP contribution in [-0.2, 0) is 6.18 Å². The molecule has 0 aliphatic rings. The molecule has 1 aromatic carbocycles. The fourth-order valence-corrected chi connectivity index (χ4v) is 3.45. The van der Waals surface area contributed by atoms with Gasteiger partial charge in [0.15, 0.2) is 4.77 Å². The molecule has 0 fully saturated rings. The van der Waals surface area contributed by atoms with E-state index in [1.807, 2.05) is 13.8 Å². The van der Waals surface area contributed by atoms with Crippen LogP contribution in [0.4, 0.5) is 13.2 Å². The van der Waals surface area contributed by atoms with Crippen molar-refractivity contribution in [2.45, 2.75) is 32.5 Å². The number of aromatic nitrogens is 3. The van der Waals surface area contributed by atoms with Crippen molar-refractivity contribution < 1.29 is 13.2 Å². The van der Waals surface area contributed by atoms with Gasteiger partial charge in [-0.15, -0.1) is 0 Å². The molecule has 1 N–H and O–H groups in total. The van der Waals surface area contributed by atoms with Gasteiger partial charge in [-0.2, -0.15) is 13.2 Å². The molecule has 4 nitrogen and oxygen atoms in total. The minimum atomic E-state index is -4.71. The lowest BCUT2D eigenvalue weighted by molar-refractivity contribution is -0.136. The monoisotopic (exact) mass is 457 g/mol. The first kappa shape index (κ1) is 19.8. The topological polar surface area (TPSA) is 50.7 Å². The van der Waals surface area contributed by atoms with E-state index >= 15 is 0 Å². The molecule has 1 atom stereocenters. The summed E-state index contributed by atoms with van der Waals surface area (Å²) < 4.78 is 43.6. The Kier molecular flexibility index (Phi) is 5.27. The Morgan fingerprint density at radius 2 is 1.93 bits per heavy atom. The van der Waals surface area contributed by atoms with Crippen LogP contribution in [0.5, 0.6) is 0 Å². The van der Waals surface area contributed by atoms with E-state index in [2.05, 4.69) is 25.9 Å². The zero-order valence-corrected chi connectivity index (χ0v) is 16.8. The Morgan fingerprint density at radius 1 is 1.30 bits per heavy atom. The molecule has 0 spiro atoms. The molecule has 27 heavy (non-hydrogen) atoms. The Bertz CT molecular complexity index is 1120. The van der Waals surface area contributed by atoms with Crippen LogP contribution in [0.3, 0.4) is 0 Å². The summed E-state index contributed by atoms with van der Waals surface area (Å²) in [5.41, 5.74) is -1.35. The lowest BCUT2D eigenvalue weighted by atomic mass is 10.1. The number of alkyl halides is 3. The van der Waals surface area contributed by atoms with Crippen molar-refractivity contribution in [3.05, 3.63) is 55.5 Å². The van der Waals surface area contributed by atoms with Crippen molar-refractivity contribution >= 4 is 39.2 Å². The van der Waals surface area contributed by atoms with Crippen molar-refractivity contribution in [2.24, 2.45) is 0 Å². The Labute approximate surface area is 166 Å². The molecule has 0 aliphatic heterocycles.